The number of carbonyl (C=O) groups is 1. The fourth-order valence-electron chi connectivity index (χ4n) is 3.67. The SMILES string of the molecule is NC(=O)CC1CC(Nc2nc(-c3cccnc3)nc3c2CCC3)C1. The van der Waals surface area contributed by atoms with Gasteiger partial charge in [0.1, 0.15) is 5.82 Å². The minimum atomic E-state index is -0.208. The van der Waals surface area contributed by atoms with Crippen LogP contribution in [0.1, 0.15) is 36.9 Å². The van der Waals surface area contributed by atoms with Crippen molar-refractivity contribution in [2.45, 2.75) is 44.6 Å². The molecule has 0 saturated heterocycles. The van der Waals surface area contributed by atoms with Gasteiger partial charge in [0.15, 0.2) is 5.82 Å². The van der Waals surface area contributed by atoms with E-state index in [2.05, 4.69) is 10.3 Å². The molecule has 4 rings (SSSR count). The van der Waals surface area contributed by atoms with Gasteiger partial charge in [-0.2, -0.15) is 0 Å². The Balaban J connectivity index is 1.55. The molecule has 1 amide bonds. The second kappa shape index (κ2) is 6.19. The van der Waals surface area contributed by atoms with Crippen LogP contribution < -0.4 is 11.1 Å². The minimum Gasteiger partial charge on any atom is -0.370 e. The number of pyridine rings is 1. The van der Waals surface area contributed by atoms with E-state index < -0.39 is 0 Å². The fourth-order valence-corrected chi connectivity index (χ4v) is 3.67. The van der Waals surface area contributed by atoms with Gasteiger partial charge >= 0.3 is 0 Å². The molecule has 6 heteroatoms. The number of anilines is 1. The highest BCUT2D eigenvalue weighted by atomic mass is 16.1. The second-order valence-corrected chi connectivity index (χ2v) is 6.77. The van der Waals surface area contributed by atoms with Gasteiger partial charge in [0.2, 0.25) is 5.91 Å². The van der Waals surface area contributed by atoms with Crippen molar-refractivity contribution in [1.29, 1.82) is 0 Å². The highest BCUT2D eigenvalue weighted by Gasteiger charge is 2.31. The summed E-state index contributed by atoms with van der Waals surface area (Å²) in [6, 6.07) is 4.26. The highest BCUT2D eigenvalue weighted by Crippen LogP contribution is 2.35. The summed E-state index contributed by atoms with van der Waals surface area (Å²) in [5.41, 5.74) is 8.62. The zero-order valence-corrected chi connectivity index (χ0v) is 13.5. The molecule has 2 heterocycles. The van der Waals surface area contributed by atoms with E-state index in [1.807, 2.05) is 12.1 Å². The molecular weight excluding hydrogens is 302 g/mol. The van der Waals surface area contributed by atoms with Crippen LogP contribution in [-0.4, -0.2) is 26.9 Å². The number of rotatable bonds is 5. The third kappa shape index (κ3) is 2.96. The van der Waals surface area contributed by atoms with Crippen molar-refractivity contribution in [3.63, 3.8) is 0 Å². The van der Waals surface area contributed by atoms with Gasteiger partial charge in [0, 0.05) is 41.7 Å². The predicted molar refractivity (Wildman–Crippen MR) is 91.2 cm³/mol. The lowest BCUT2D eigenvalue weighted by Crippen LogP contribution is -2.38. The molecule has 0 spiro atoms. The number of carbonyl (C=O) groups excluding carboxylic acids is 1. The first-order valence-electron chi connectivity index (χ1n) is 8.54. The van der Waals surface area contributed by atoms with Crippen molar-refractivity contribution < 1.29 is 4.79 Å². The number of hydrogen-bond acceptors (Lipinski definition) is 5. The first-order valence-corrected chi connectivity index (χ1v) is 8.54. The quantitative estimate of drug-likeness (QED) is 0.879. The second-order valence-electron chi connectivity index (χ2n) is 6.77. The van der Waals surface area contributed by atoms with E-state index in [0.717, 1.165) is 55.0 Å². The summed E-state index contributed by atoms with van der Waals surface area (Å²) in [5.74, 6) is 1.89. The number of nitrogens with two attached hydrogens (primary N) is 1. The Bertz CT molecular complexity index is 756. The number of primary amides is 1. The van der Waals surface area contributed by atoms with Crippen LogP contribution in [0.25, 0.3) is 11.4 Å². The molecular formula is C18H21N5O. The summed E-state index contributed by atoms with van der Waals surface area (Å²) in [6.45, 7) is 0. The van der Waals surface area contributed by atoms with Crippen LogP contribution in [0.3, 0.4) is 0 Å². The normalized spacial score (nSPS) is 21.8. The van der Waals surface area contributed by atoms with Gasteiger partial charge in [-0.15, -0.1) is 0 Å². The largest absolute Gasteiger partial charge is 0.370 e. The van der Waals surface area contributed by atoms with Crippen LogP contribution in [0.5, 0.6) is 0 Å². The summed E-state index contributed by atoms with van der Waals surface area (Å²) in [5, 5.41) is 3.57. The standard InChI is InChI=1S/C18H21N5O/c19-16(24)9-11-7-13(8-11)21-18-14-4-1-5-15(14)22-17(23-18)12-3-2-6-20-10-12/h2-3,6,10-11,13H,1,4-5,7-9H2,(H2,19,24)(H,21,22,23). The molecule has 6 nitrogen and oxygen atoms in total. The first-order chi connectivity index (χ1) is 11.7. The van der Waals surface area contributed by atoms with Crippen molar-refractivity contribution >= 4 is 11.7 Å². The molecule has 0 atom stereocenters. The van der Waals surface area contributed by atoms with Gasteiger partial charge in [-0.05, 0) is 50.2 Å². The molecule has 0 radical (unpaired) electrons. The van der Waals surface area contributed by atoms with Crippen molar-refractivity contribution in [3.8, 4) is 11.4 Å². The number of aromatic nitrogens is 3. The van der Waals surface area contributed by atoms with Gasteiger partial charge in [0.05, 0.1) is 0 Å². The number of aryl methyl sites for hydroxylation is 1. The van der Waals surface area contributed by atoms with Crippen molar-refractivity contribution in [3.05, 3.63) is 35.8 Å². The molecule has 1 saturated carbocycles. The van der Waals surface area contributed by atoms with Gasteiger partial charge in [-0.25, -0.2) is 9.97 Å². The zero-order chi connectivity index (χ0) is 16.5. The Hall–Kier alpha value is -2.50. The van der Waals surface area contributed by atoms with Crippen molar-refractivity contribution in [1.82, 2.24) is 15.0 Å². The first kappa shape index (κ1) is 15.1. The molecule has 0 aliphatic heterocycles. The monoisotopic (exact) mass is 323 g/mol. The van der Waals surface area contributed by atoms with E-state index in [4.69, 9.17) is 15.7 Å². The maximum atomic E-state index is 11.0. The van der Waals surface area contributed by atoms with E-state index in [1.54, 1.807) is 12.4 Å². The smallest absolute Gasteiger partial charge is 0.217 e. The summed E-state index contributed by atoms with van der Waals surface area (Å²) in [6.07, 6.45) is 9.16. The molecule has 0 bridgehead atoms. The Morgan fingerprint density at radius 3 is 2.92 bits per heavy atom. The van der Waals surface area contributed by atoms with Crippen LogP contribution >= 0.6 is 0 Å². The molecule has 0 unspecified atom stereocenters. The lowest BCUT2D eigenvalue weighted by atomic mass is 9.78. The van der Waals surface area contributed by atoms with E-state index >= 15 is 0 Å². The number of nitrogens with zero attached hydrogens (tertiary/aromatic N) is 3. The highest BCUT2D eigenvalue weighted by molar-refractivity contribution is 5.74. The zero-order valence-electron chi connectivity index (χ0n) is 13.5. The summed E-state index contributed by atoms with van der Waals surface area (Å²) in [7, 11) is 0. The molecule has 2 aliphatic rings. The maximum absolute atomic E-state index is 11.0. The summed E-state index contributed by atoms with van der Waals surface area (Å²) in [4.78, 5) is 24.7. The van der Waals surface area contributed by atoms with Crippen LogP contribution in [0, 0.1) is 5.92 Å². The summed E-state index contributed by atoms with van der Waals surface area (Å²) >= 11 is 0. The van der Waals surface area contributed by atoms with Crippen LogP contribution in [0.4, 0.5) is 5.82 Å². The number of amides is 1. The molecule has 0 aromatic carbocycles. The summed E-state index contributed by atoms with van der Waals surface area (Å²) < 4.78 is 0. The number of hydrogen-bond donors (Lipinski definition) is 2. The lowest BCUT2D eigenvalue weighted by molar-refractivity contribution is -0.119. The Morgan fingerprint density at radius 2 is 2.17 bits per heavy atom. The molecule has 2 aromatic heterocycles. The average molecular weight is 323 g/mol. The number of nitrogens with one attached hydrogen (secondary N) is 1. The minimum absolute atomic E-state index is 0.208. The third-order valence-corrected chi connectivity index (χ3v) is 4.92. The Labute approximate surface area is 140 Å². The van der Waals surface area contributed by atoms with Crippen molar-refractivity contribution in [2.75, 3.05) is 5.32 Å². The van der Waals surface area contributed by atoms with Gasteiger partial charge in [-0.1, -0.05) is 0 Å². The third-order valence-electron chi connectivity index (χ3n) is 4.92. The van der Waals surface area contributed by atoms with Gasteiger partial charge < -0.3 is 11.1 Å². The molecule has 2 aromatic rings. The fraction of sp³-hybridized carbons (Fsp3) is 0.444. The molecule has 1 fully saturated rings. The van der Waals surface area contributed by atoms with Crippen molar-refractivity contribution in [2.24, 2.45) is 11.7 Å². The molecule has 24 heavy (non-hydrogen) atoms. The van der Waals surface area contributed by atoms with Crippen LogP contribution in [0.15, 0.2) is 24.5 Å². The molecule has 2 aliphatic carbocycles. The Morgan fingerprint density at radius 1 is 1.29 bits per heavy atom. The van der Waals surface area contributed by atoms with E-state index in [1.165, 1.54) is 5.56 Å². The van der Waals surface area contributed by atoms with E-state index in [-0.39, 0.29) is 5.91 Å². The van der Waals surface area contributed by atoms with E-state index in [0.29, 0.717) is 18.4 Å². The lowest BCUT2D eigenvalue weighted by Gasteiger charge is -2.36. The molecule has 3 N–H and O–H groups in total. The van der Waals surface area contributed by atoms with E-state index in [9.17, 15) is 4.79 Å². The van der Waals surface area contributed by atoms with Crippen LogP contribution in [0.2, 0.25) is 0 Å². The Kier molecular flexibility index (Phi) is 3.88. The molecule has 124 valence electrons. The van der Waals surface area contributed by atoms with Crippen LogP contribution in [-0.2, 0) is 17.6 Å². The predicted octanol–water partition coefficient (Wildman–Crippen LogP) is 2.09. The number of fused-ring (bicyclic) bond motifs is 1. The van der Waals surface area contributed by atoms with Gasteiger partial charge in [0.25, 0.3) is 0 Å². The topological polar surface area (TPSA) is 93.8 Å². The average Bonchev–Trinajstić information content (AvgIpc) is 3.02. The van der Waals surface area contributed by atoms with Gasteiger partial charge in [-0.3, -0.25) is 9.78 Å². The maximum Gasteiger partial charge on any atom is 0.217 e.